The van der Waals surface area contributed by atoms with Crippen molar-refractivity contribution < 1.29 is 17.9 Å². The second-order valence-corrected chi connectivity index (χ2v) is 6.58. The lowest BCUT2D eigenvalue weighted by molar-refractivity contribution is 0.311. The molecule has 0 unspecified atom stereocenters. The van der Waals surface area contributed by atoms with Gasteiger partial charge in [0.05, 0.1) is 12.9 Å². The summed E-state index contributed by atoms with van der Waals surface area (Å²) >= 11 is 0. The van der Waals surface area contributed by atoms with E-state index in [1.165, 1.54) is 0 Å². The minimum atomic E-state index is -3.02. The quantitative estimate of drug-likeness (QED) is 0.772. The SMILES string of the molecule is CCS(=O)(=O)CCOc1cc(CCN)ccc1OC. The first-order chi connectivity index (χ1) is 9.02. The third kappa shape index (κ3) is 5.08. The number of nitrogens with two attached hydrogens (primary N) is 1. The van der Waals surface area contributed by atoms with Gasteiger partial charge in [-0.3, -0.25) is 0 Å². The number of sulfone groups is 1. The van der Waals surface area contributed by atoms with Crippen LogP contribution in [0.5, 0.6) is 11.5 Å². The van der Waals surface area contributed by atoms with E-state index in [0.717, 1.165) is 12.0 Å². The zero-order chi connectivity index (χ0) is 14.3. The molecule has 1 rings (SSSR count). The maximum absolute atomic E-state index is 11.4. The Morgan fingerprint density at radius 1 is 1.26 bits per heavy atom. The van der Waals surface area contributed by atoms with E-state index >= 15 is 0 Å². The second-order valence-electron chi connectivity index (χ2n) is 4.11. The number of benzene rings is 1. The molecular weight excluding hydrogens is 266 g/mol. The normalized spacial score (nSPS) is 11.3. The maximum Gasteiger partial charge on any atom is 0.161 e. The Morgan fingerprint density at radius 2 is 2.00 bits per heavy atom. The number of hydrogen-bond donors (Lipinski definition) is 1. The molecule has 0 heterocycles. The summed E-state index contributed by atoms with van der Waals surface area (Å²) in [6, 6.07) is 5.56. The summed E-state index contributed by atoms with van der Waals surface area (Å²) in [6.07, 6.45) is 0.744. The summed E-state index contributed by atoms with van der Waals surface area (Å²) in [6.45, 7) is 2.30. The van der Waals surface area contributed by atoms with Crippen LogP contribution >= 0.6 is 0 Å². The van der Waals surface area contributed by atoms with Crippen molar-refractivity contribution in [2.24, 2.45) is 5.73 Å². The maximum atomic E-state index is 11.4. The predicted molar refractivity (Wildman–Crippen MR) is 75.6 cm³/mol. The molecule has 0 aliphatic carbocycles. The first kappa shape index (κ1) is 15.8. The zero-order valence-corrected chi connectivity index (χ0v) is 12.2. The fourth-order valence-electron chi connectivity index (χ4n) is 1.58. The number of hydrogen-bond acceptors (Lipinski definition) is 5. The van der Waals surface area contributed by atoms with Crippen LogP contribution in [0.2, 0.25) is 0 Å². The van der Waals surface area contributed by atoms with Crippen molar-refractivity contribution in [3.05, 3.63) is 23.8 Å². The highest BCUT2D eigenvalue weighted by molar-refractivity contribution is 7.91. The Morgan fingerprint density at radius 3 is 2.58 bits per heavy atom. The summed E-state index contributed by atoms with van der Waals surface area (Å²) in [5.41, 5.74) is 6.54. The Kier molecular flexibility index (Phi) is 6.11. The van der Waals surface area contributed by atoms with Gasteiger partial charge in [0.15, 0.2) is 21.3 Å². The number of ether oxygens (including phenoxy) is 2. The topological polar surface area (TPSA) is 78.6 Å². The van der Waals surface area contributed by atoms with E-state index in [9.17, 15) is 8.42 Å². The lowest BCUT2D eigenvalue weighted by Gasteiger charge is -2.12. The molecule has 0 spiro atoms. The third-order valence-corrected chi connectivity index (χ3v) is 4.42. The molecule has 0 saturated carbocycles. The molecule has 6 heteroatoms. The molecule has 0 atom stereocenters. The second kappa shape index (κ2) is 7.35. The summed E-state index contributed by atoms with van der Waals surface area (Å²) in [5, 5.41) is 0. The molecule has 0 aliphatic rings. The van der Waals surface area contributed by atoms with E-state index in [4.69, 9.17) is 15.2 Å². The van der Waals surface area contributed by atoms with Crippen LogP contribution in [0.15, 0.2) is 18.2 Å². The van der Waals surface area contributed by atoms with Crippen molar-refractivity contribution in [1.82, 2.24) is 0 Å². The lowest BCUT2D eigenvalue weighted by atomic mass is 10.1. The molecule has 0 bridgehead atoms. The Bertz CT molecular complexity index is 499. The van der Waals surface area contributed by atoms with Crippen molar-refractivity contribution >= 4 is 9.84 Å². The van der Waals surface area contributed by atoms with E-state index in [2.05, 4.69) is 0 Å². The van der Waals surface area contributed by atoms with E-state index < -0.39 is 9.84 Å². The van der Waals surface area contributed by atoms with Crippen LogP contribution in [0.4, 0.5) is 0 Å². The molecule has 1 aromatic rings. The van der Waals surface area contributed by atoms with Crippen LogP contribution in [-0.4, -0.2) is 40.2 Å². The average Bonchev–Trinajstić information content (AvgIpc) is 2.39. The van der Waals surface area contributed by atoms with Gasteiger partial charge in [0, 0.05) is 5.75 Å². The highest BCUT2D eigenvalue weighted by Crippen LogP contribution is 2.28. The molecule has 0 aliphatic heterocycles. The van der Waals surface area contributed by atoms with Crippen molar-refractivity contribution in [2.75, 3.05) is 31.8 Å². The average molecular weight is 287 g/mol. The molecule has 19 heavy (non-hydrogen) atoms. The highest BCUT2D eigenvalue weighted by atomic mass is 32.2. The zero-order valence-electron chi connectivity index (χ0n) is 11.4. The summed E-state index contributed by atoms with van der Waals surface area (Å²) in [7, 11) is -1.47. The largest absolute Gasteiger partial charge is 0.493 e. The molecular formula is C13H21NO4S. The molecule has 0 radical (unpaired) electrons. The molecule has 5 nitrogen and oxygen atoms in total. The smallest absolute Gasteiger partial charge is 0.161 e. The van der Waals surface area contributed by atoms with Crippen molar-refractivity contribution in [3.63, 3.8) is 0 Å². The van der Waals surface area contributed by atoms with Crippen molar-refractivity contribution in [1.29, 1.82) is 0 Å². The highest BCUT2D eigenvalue weighted by Gasteiger charge is 2.10. The van der Waals surface area contributed by atoms with Crippen LogP contribution in [0.25, 0.3) is 0 Å². The molecule has 0 amide bonds. The van der Waals surface area contributed by atoms with Gasteiger partial charge in [-0.15, -0.1) is 0 Å². The monoisotopic (exact) mass is 287 g/mol. The van der Waals surface area contributed by atoms with Gasteiger partial charge in [0.1, 0.15) is 6.61 Å². The summed E-state index contributed by atoms with van der Waals surface area (Å²) in [4.78, 5) is 0. The minimum Gasteiger partial charge on any atom is -0.493 e. The Labute approximate surface area is 114 Å². The third-order valence-electron chi connectivity index (χ3n) is 2.75. The molecule has 0 aromatic heterocycles. The van der Waals surface area contributed by atoms with E-state index in [1.54, 1.807) is 20.1 Å². The first-order valence-corrected chi connectivity index (χ1v) is 8.04. The standard InChI is InChI=1S/C13H21NO4S/c1-3-19(15,16)9-8-18-13-10-11(6-7-14)4-5-12(13)17-2/h4-5,10H,3,6-9,14H2,1-2H3. The summed E-state index contributed by atoms with van der Waals surface area (Å²) < 4.78 is 33.5. The van der Waals surface area contributed by atoms with E-state index in [-0.39, 0.29) is 18.1 Å². The Balaban J connectivity index is 2.72. The number of methoxy groups -OCH3 is 1. The van der Waals surface area contributed by atoms with Gasteiger partial charge in [0.2, 0.25) is 0 Å². The fraction of sp³-hybridized carbons (Fsp3) is 0.538. The first-order valence-electron chi connectivity index (χ1n) is 6.22. The van der Waals surface area contributed by atoms with Crippen LogP contribution in [0.3, 0.4) is 0 Å². The fourth-order valence-corrected chi connectivity index (χ4v) is 2.20. The Hall–Kier alpha value is -1.27. The van der Waals surface area contributed by atoms with Gasteiger partial charge < -0.3 is 15.2 Å². The number of rotatable bonds is 8. The van der Waals surface area contributed by atoms with Crippen LogP contribution in [-0.2, 0) is 16.3 Å². The van der Waals surface area contributed by atoms with Gasteiger partial charge in [-0.05, 0) is 30.7 Å². The predicted octanol–water partition coefficient (Wildman–Crippen LogP) is 1.01. The van der Waals surface area contributed by atoms with Crippen LogP contribution in [0, 0.1) is 0 Å². The van der Waals surface area contributed by atoms with Crippen LogP contribution < -0.4 is 15.2 Å². The molecule has 1 aromatic carbocycles. The van der Waals surface area contributed by atoms with E-state index in [1.807, 2.05) is 12.1 Å². The van der Waals surface area contributed by atoms with Gasteiger partial charge in [-0.2, -0.15) is 0 Å². The van der Waals surface area contributed by atoms with E-state index in [0.29, 0.717) is 18.0 Å². The molecule has 2 N–H and O–H groups in total. The van der Waals surface area contributed by atoms with Gasteiger partial charge in [0.25, 0.3) is 0 Å². The van der Waals surface area contributed by atoms with Crippen molar-refractivity contribution in [3.8, 4) is 11.5 Å². The molecule has 108 valence electrons. The van der Waals surface area contributed by atoms with Gasteiger partial charge in [-0.1, -0.05) is 13.0 Å². The van der Waals surface area contributed by atoms with Crippen LogP contribution in [0.1, 0.15) is 12.5 Å². The lowest BCUT2D eigenvalue weighted by Crippen LogP contribution is -2.16. The molecule has 0 fully saturated rings. The van der Waals surface area contributed by atoms with Crippen molar-refractivity contribution in [2.45, 2.75) is 13.3 Å². The molecule has 0 saturated heterocycles. The summed E-state index contributed by atoms with van der Waals surface area (Å²) in [5.74, 6) is 1.28. The van der Waals surface area contributed by atoms with Gasteiger partial charge in [-0.25, -0.2) is 8.42 Å². The minimum absolute atomic E-state index is 0.00771. The van der Waals surface area contributed by atoms with Gasteiger partial charge >= 0.3 is 0 Å².